The summed E-state index contributed by atoms with van der Waals surface area (Å²) in [6.45, 7) is 6.83. The minimum atomic E-state index is -0.902. The summed E-state index contributed by atoms with van der Waals surface area (Å²) in [5.74, 6) is 0.174. The molecule has 6 rings (SSSR count). The predicted octanol–water partition coefficient (Wildman–Crippen LogP) is 6.90. The third kappa shape index (κ3) is 5.74. The number of piperidine rings is 1. The summed E-state index contributed by atoms with van der Waals surface area (Å²) in [4.78, 5) is 30.5. The van der Waals surface area contributed by atoms with Crippen LogP contribution in [0.3, 0.4) is 0 Å². The van der Waals surface area contributed by atoms with Gasteiger partial charge in [0, 0.05) is 35.7 Å². The van der Waals surface area contributed by atoms with Gasteiger partial charge in [0.2, 0.25) is 0 Å². The van der Waals surface area contributed by atoms with Crippen molar-refractivity contribution in [3.05, 3.63) is 89.6 Å². The second-order valence-corrected chi connectivity index (χ2v) is 12.7. The van der Waals surface area contributed by atoms with Gasteiger partial charge in [0.15, 0.2) is 0 Å². The van der Waals surface area contributed by atoms with Crippen LogP contribution in [0.15, 0.2) is 72.9 Å². The number of benzene rings is 3. The molecule has 1 aromatic heterocycles. The largest absolute Gasteiger partial charge is 0.485 e. The first kappa shape index (κ1) is 28.5. The van der Waals surface area contributed by atoms with E-state index in [0.29, 0.717) is 30.2 Å². The Morgan fingerprint density at radius 2 is 1.74 bits per heavy atom. The van der Waals surface area contributed by atoms with Crippen LogP contribution in [-0.4, -0.2) is 45.7 Å². The fourth-order valence-corrected chi connectivity index (χ4v) is 6.54. The molecule has 1 amide bonds. The van der Waals surface area contributed by atoms with Gasteiger partial charge >= 0.3 is 12.1 Å². The van der Waals surface area contributed by atoms with E-state index < -0.39 is 11.6 Å². The summed E-state index contributed by atoms with van der Waals surface area (Å²) in [5, 5.41) is 11.4. The number of pyridine rings is 1. The topological polar surface area (TPSA) is 115 Å². The number of nitrogens with zero attached hydrogens (tertiary/aromatic N) is 2. The average Bonchev–Trinajstić information content (AvgIpc) is 3.25. The number of hydrogen-bond donors (Lipinski definition) is 2. The number of hydrogen-bond acceptors (Lipinski definition) is 6. The molecule has 1 aliphatic heterocycles. The van der Waals surface area contributed by atoms with E-state index in [-0.39, 0.29) is 24.0 Å². The lowest BCUT2D eigenvalue weighted by Gasteiger charge is -2.40. The number of fused-ring (bicyclic) bond motifs is 3. The molecular formula is C35H37N3O5. The molecule has 8 heteroatoms. The normalized spacial score (nSPS) is 17.6. The third-order valence-corrected chi connectivity index (χ3v) is 8.63. The van der Waals surface area contributed by atoms with Crippen LogP contribution in [0, 0.1) is 0 Å². The SMILES string of the molecule is CC(C)(C)OC(=O)N1CCC2(CC1)C[C@@H](Oc1ccccc1CC(=O)O)c1cc(-c3ccc4ccnc(N)c4c3)ccc12. The molecule has 1 aliphatic carbocycles. The molecule has 43 heavy (non-hydrogen) atoms. The van der Waals surface area contributed by atoms with E-state index in [1.54, 1.807) is 17.2 Å². The quantitative estimate of drug-likeness (QED) is 0.264. The lowest BCUT2D eigenvalue weighted by molar-refractivity contribution is -0.136. The summed E-state index contributed by atoms with van der Waals surface area (Å²) in [7, 11) is 0. The van der Waals surface area contributed by atoms with Crippen LogP contribution in [0.1, 0.15) is 62.8 Å². The number of carbonyl (C=O) groups is 2. The molecular weight excluding hydrogens is 542 g/mol. The molecule has 1 atom stereocenters. The molecule has 1 spiro atoms. The molecule has 0 radical (unpaired) electrons. The van der Waals surface area contributed by atoms with Gasteiger partial charge in [-0.3, -0.25) is 4.79 Å². The van der Waals surface area contributed by atoms with Gasteiger partial charge in [-0.2, -0.15) is 0 Å². The van der Waals surface area contributed by atoms with Crippen molar-refractivity contribution in [3.63, 3.8) is 0 Å². The predicted molar refractivity (Wildman–Crippen MR) is 166 cm³/mol. The zero-order chi connectivity index (χ0) is 30.4. The monoisotopic (exact) mass is 579 g/mol. The van der Waals surface area contributed by atoms with Crippen molar-refractivity contribution in [2.45, 2.75) is 63.6 Å². The van der Waals surface area contributed by atoms with Crippen molar-refractivity contribution in [1.29, 1.82) is 0 Å². The number of carboxylic acids is 1. The van der Waals surface area contributed by atoms with Gasteiger partial charge in [0.25, 0.3) is 0 Å². The number of ether oxygens (including phenoxy) is 2. The van der Waals surface area contributed by atoms with Crippen molar-refractivity contribution in [1.82, 2.24) is 9.88 Å². The molecule has 1 saturated heterocycles. The molecule has 2 heterocycles. The first-order valence-electron chi connectivity index (χ1n) is 14.7. The molecule has 2 aliphatic rings. The lowest BCUT2D eigenvalue weighted by Crippen LogP contribution is -2.46. The smallest absolute Gasteiger partial charge is 0.410 e. The highest BCUT2D eigenvalue weighted by Gasteiger charge is 2.47. The Morgan fingerprint density at radius 3 is 2.49 bits per heavy atom. The number of aliphatic carboxylic acids is 1. The van der Waals surface area contributed by atoms with E-state index in [0.717, 1.165) is 46.7 Å². The fourth-order valence-electron chi connectivity index (χ4n) is 6.54. The Hall–Kier alpha value is -4.59. The molecule has 0 bridgehead atoms. The van der Waals surface area contributed by atoms with Crippen LogP contribution in [0.2, 0.25) is 0 Å². The number of rotatable bonds is 5. The summed E-state index contributed by atoms with van der Waals surface area (Å²) in [6, 6.07) is 22.1. The summed E-state index contributed by atoms with van der Waals surface area (Å²) >= 11 is 0. The number of amides is 1. The Bertz CT molecular complexity index is 1700. The average molecular weight is 580 g/mol. The van der Waals surface area contributed by atoms with Crippen LogP contribution < -0.4 is 10.5 Å². The maximum Gasteiger partial charge on any atom is 0.410 e. The zero-order valence-corrected chi connectivity index (χ0v) is 24.8. The van der Waals surface area contributed by atoms with Crippen LogP contribution in [-0.2, 0) is 21.4 Å². The van der Waals surface area contributed by atoms with Crippen molar-refractivity contribution >= 4 is 28.7 Å². The molecule has 8 nitrogen and oxygen atoms in total. The number of aromatic nitrogens is 1. The van der Waals surface area contributed by atoms with E-state index in [9.17, 15) is 14.7 Å². The molecule has 0 saturated carbocycles. The van der Waals surface area contributed by atoms with E-state index in [4.69, 9.17) is 15.2 Å². The van der Waals surface area contributed by atoms with Gasteiger partial charge in [-0.25, -0.2) is 9.78 Å². The lowest BCUT2D eigenvalue weighted by atomic mass is 9.73. The van der Waals surface area contributed by atoms with Gasteiger partial charge in [-0.05, 0) is 91.9 Å². The van der Waals surface area contributed by atoms with Crippen LogP contribution in [0.4, 0.5) is 10.6 Å². The van der Waals surface area contributed by atoms with E-state index >= 15 is 0 Å². The highest BCUT2D eigenvalue weighted by Crippen LogP contribution is 2.53. The van der Waals surface area contributed by atoms with Gasteiger partial charge < -0.3 is 25.2 Å². The zero-order valence-electron chi connectivity index (χ0n) is 24.8. The first-order valence-corrected chi connectivity index (χ1v) is 14.7. The second kappa shape index (κ2) is 10.9. The van der Waals surface area contributed by atoms with Crippen molar-refractivity contribution in [2.75, 3.05) is 18.8 Å². The number of nitrogens with two attached hydrogens (primary N) is 1. The van der Waals surface area contributed by atoms with Gasteiger partial charge in [0.05, 0.1) is 6.42 Å². The Labute approximate surface area is 251 Å². The number of carboxylic acid groups (broad SMARTS) is 1. The number of carbonyl (C=O) groups excluding carboxylic acids is 1. The highest BCUT2D eigenvalue weighted by atomic mass is 16.6. The van der Waals surface area contributed by atoms with Crippen molar-refractivity contribution < 1.29 is 24.2 Å². The minimum Gasteiger partial charge on any atom is -0.485 e. The summed E-state index contributed by atoms with van der Waals surface area (Å²) < 4.78 is 12.3. The van der Waals surface area contributed by atoms with Crippen molar-refractivity contribution in [3.8, 4) is 16.9 Å². The van der Waals surface area contributed by atoms with Crippen LogP contribution in [0.5, 0.6) is 5.75 Å². The Morgan fingerprint density at radius 1 is 1.02 bits per heavy atom. The van der Waals surface area contributed by atoms with E-state index in [1.807, 2.05) is 45.0 Å². The maximum atomic E-state index is 12.8. The molecule has 1 fully saturated rings. The van der Waals surface area contributed by atoms with Crippen molar-refractivity contribution in [2.24, 2.45) is 0 Å². The number of anilines is 1. The molecule has 3 aromatic carbocycles. The number of nitrogen functional groups attached to an aromatic ring is 1. The van der Waals surface area contributed by atoms with Crippen LogP contribution >= 0.6 is 0 Å². The number of para-hydroxylation sites is 1. The summed E-state index contributed by atoms with van der Waals surface area (Å²) in [6.07, 6.45) is 3.36. The standard InChI is InChI=1S/C35H37N3O5/c1-34(2,3)43-33(41)38-16-13-35(14-17-38)21-30(42-29-7-5-4-6-25(29)20-31(39)40)27-19-24(10-11-28(27)35)23-9-8-22-12-15-37-32(36)26(22)18-23/h4-12,15,18-19,30H,13-14,16-17,20-21H2,1-3H3,(H2,36,37)(H,39,40)/t30-/m1/s1. The second-order valence-electron chi connectivity index (χ2n) is 12.7. The van der Waals surface area contributed by atoms with E-state index in [2.05, 4.69) is 41.4 Å². The van der Waals surface area contributed by atoms with Gasteiger partial charge in [-0.1, -0.05) is 42.5 Å². The Kier molecular flexibility index (Phi) is 7.24. The first-order chi connectivity index (χ1) is 20.5. The Balaban J connectivity index is 1.36. The molecule has 0 unspecified atom stereocenters. The number of likely N-dealkylation sites (tertiary alicyclic amines) is 1. The van der Waals surface area contributed by atoms with Crippen LogP contribution in [0.25, 0.3) is 21.9 Å². The van der Waals surface area contributed by atoms with Gasteiger partial charge in [-0.15, -0.1) is 0 Å². The minimum absolute atomic E-state index is 0.113. The molecule has 222 valence electrons. The third-order valence-electron chi connectivity index (χ3n) is 8.63. The maximum absolute atomic E-state index is 12.8. The van der Waals surface area contributed by atoms with E-state index in [1.165, 1.54) is 5.56 Å². The molecule has 3 N–H and O–H groups in total. The van der Waals surface area contributed by atoms with Gasteiger partial charge in [0.1, 0.15) is 23.3 Å². The molecule has 4 aromatic rings. The highest BCUT2D eigenvalue weighted by molar-refractivity contribution is 5.94. The fraction of sp³-hybridized carbons (Fsp3) is 0.343. The summed E-state index contributed by atoms with van der Waals surface area (Å²) in [5.41, 5.74) is 10.5.